The van der Waals surface area contributed by atoms with Gasteiger partial charge in [-0.1, -0.05) is 13.3 Å². The average molecular weight is 286 g/mol. The van der Waals surface area contributed by atoms with Crippen molar-refractivity contribution < 1.29 is 19.1 Å². The monoisotopic (exact) mass is 286 g/mol. The second-order valence-electron chi connectivity index (χ2n) is 5.33. The summed E-state index contributed by atoms with van der Waals surface area (Å²) in [5.41, 5.74) is 0. The van der Waals surface area contributed by atoms with Crippen LogP contribution in [0.25, 0.3) is 0 Å². The van der Waals surface area contributed by atoms with Crippen LogP contribution < -0.4 is 5.32 Å². The number of hydrogen-bond donors (Lipinski definition) is 1. The van der Waals surface area contributed by atoms with Gasteiger partial charge in [0.1, 0.15) is 0 Å². The fraction of sp³-hybridized carbons (Fsp3) is 0.857. The van der Waals surface area contributed by atoms with Crippen LogP contribution in [0.5, 0.6) is 0 Å². The number of alkyl carbamates (subject to hydrolysis) is 1. The minimum absolute atomic E-state index is 0.0303. The Morgan fingerprint density at radius 1 is 1.25 bits per heavy atom. The highest BCUT2D eigenvalue weighted by molar-refractivity contribution is 5.69. The highest BCUT2D eigenvalue weighted by Gasteiger charge is 2.29. The van der Waals surface area contributed by atoms with E-state index in [1.807, 2.05) is 0 Å². The second kappa shape index (κ2) is 8.79. The smallest absolute Gasteiger partial charge is 0.407 e. The molecule has 1 saturated heterocycles. The number of piperidine rings is 1. The van der Waals surface area contributed by atoms with Crippen molar-refractivity contribution in [2.24, 2.45) is 5.92 Å². The molecule has 0 aliphatic carbocycles. The quantitative estimate of drug-likeness (QED) is 0.747. The number of rotatable bonds is 6. The molecule has 2 unspecified atom stereocenters. The Morgan fingerprint density at radius 3 is 2.60 bits per heavy atom. The van der Waals surface area contributed by atoms with E-state index in [4.69, 9.17) is 4.74 Å². The van der Waals surface area contributed by atoms with Crippen LogP contribution in [0.1, 0.15) is 32.6 Å². The summed E-state index contributed by atoms with van der Waals surface area (Å²) < 4.78 is 9.38. The normalized spacial score (nSPS) is 23.1. The standard InChI is InChI=1S/C14H26N2O4/c1-4-5-6-16-9-11(8-13(17)19-2)7-12(10-16)15-14(18)20-3/h11-12H,4-10H2,1-3H3,(H,15,18). The van der Waals surface area contributed by atoms with E-state index in [-0.39, 0.29) is 17.9 Å². The molecule has 1 N–H and O–H groups in total. The van der Waals surface area contributed by atoms with Gasteiger partial charge in [0, 0.05) is 25.6 Å². The molecule has 1 aliphatic rings. The van der Waals surface area contributed by atoms with Crippen LogP contribution in [-0.4, -0.2) is 56.9 Å². The fourth-order valence-electron chi connectivity index (χ4n) is 2.66. The molecule has 0 aromatic rings. The van der Waals surface area contributed by atoms with E-state index in [1.54, 1.807) is 0 Å². The van der Waals surface area contributed by atoms with Gasteiger partial charge in [-0.25, -0.2) is 4.79 Å². The predicted octanol–water partition coefficient (Wildman–Crippen LogP) is 1.40. The highest BCUT2D eigenvalue weighted by atomic mass is 16.5. The van der Waals surface area contributed by atoms with Gasteiger partial charge in [-0.2, -0.15) is 0 Å². The summed E-state index contributed by atoms with van der Waals surface area (Å²) in [4.78, 5) is 25.1. The number of methoxy groups -OCH3 is 2. The largest absolute Gasteiger partial charge is 0.469 e. The number of amides is 1. The number of likely N-dealkylation sites (tertiary alicyclic amines) is 1. The first kappa shape index (κ1) is 16.8. The maximum atomic E-state index is 11.4. The third-order valence-electron chi connectivity index (χ3n) is 3.63. The van der Waals surface area contributed by atoms with Crippen molar-refractivity contribution in [3.8, 4) is 0 Å². The Morgan fingerprint density at radius 2 is 2.00 bits per heavy atom. The predicted molar refractivity (Wildman–Crippen MR) is 75.4 cm³/mol. The molecule has 1 aliphatic heterocycles. The lowest BCUT2D eigenvalue weighted by molar-refractivity contribution is -0.142. The molecule has 0 saturated carbocycles. The number of carbonyl (C=O) groups excluding carboxylic acids is 2. The fourth-order valence-corrected chi connectivity index (χ4v) is 2.66. The lowest BCUT2D eigenvalue weighted by atomic mass is 9.91. The molecule has 0 radical (unpaired) electrons. The highest BCUT2D eigenvalue weighted by Crippen LogP contribution is 2.21. The first-order valence-corrected chi connectivity index (χ1v) is 7.22. The van der Waals surface area contributed by atoms with Gasteiger partial charge in [0.25, 0.3) is 0 Å². The van der Waals surface area contributed by atoms with Crippen LogP contribution in [0.15, 0.2) is 0 Å². The van der Waals surface area contributed by atoms with Crippen molar-refractivity contribution in [2.75, 3.05) is 33.9 Å². The van der Waals surface area contributed by atoms with Gasteiger partial charge < -0.3 is 19.7 Å². The molecule has 0 aromatic heterocycles. The van der Waals surface area contributed by atoms with Crippen molar-refractivity contribution >= 4 is 12.1 Å². The van der Waals surface area contributed by atoms with Crippen molar-refractivity contribution in [1.29, 1.82) is 0 Å². The third kappa shape index (κ3) is 5.77. The summed E-state index contributed by atoms with van der Waals surface area (Å²) >= 11 is 0. The topological polar surface area (TPSA) is 67.9 Å². The summed E-state index contributed by atoms with van der Waals surface area (Å²) in [6.07, 6.45) is 3.03. The molecule has 6 heteroatoms. The molecule has 0 bridgehead atoms. The van der Waals surface area contributed by atoms with E-state index in [1.165, 1.54) is 14.2 Å². The summed E-state index contributed by atoms with van der Waals surface area (Å²) in [6.45, 7) is 4.84. The van der Waals surface area contributed by atoms with Crippen molar-refractivity contribution in [1.82, 2.24) is 10.2 Å². The third-order valence-corrected chi connectivity index (χ3v) is 3.63. The van der Waals surface area contributed by atoms with Gasteiger partial charge in [0.15, 0.2) is 0 Å². The van der Waals surface area contributed by atoms with E-state index in [0.717, 1.165) is 38.9 Å². The molecule has 1 fully saturated rings. The minimum atomic E-state index is -0.413. The number of nitrogens with zero attached hydrogens (tertiary/aromatic N) is 1. The molecule has 6 nitrogen and oxygen atoms in total. The van der Waals surface area contributed by atoms with E-state index in [9.17, 15) is 9.59 Å². The average Bonchev–Trinajstić information content (AvgIpc) is 2.44. The van der Waals surface area contributed by atoms with Crippen LogP contribution in [-0.2, 0) is 14.3 Å². The van der Waals surface area contributed by atoms with Crippen LogP contribution in [0.3, 0.4) is 0 Å². The van der Waals surface area contributed by atoms with Gasteiger partial charge in [-0.05, 0) is 25.3 Å². The van der Waals surface area contributed by atoms with Gasteiger partial charge in [0.05, 0.1) is 14.2 Å². The molecule has 116 valence electrons. The molecule has 1 amide bonds. The SMILES string of the molecule is CCCCN1CC(CC(=O)OC)CC(NC(=O)OC)C1. The first-order valence-electron chi connectivity index (χ1n) is 7.22. The number of esters is 1. The molecular weight excluding hydrogens is 260 g/mol. The molecule has 20 heavy (non-hydrogen) atoms. The number of ether oxygens (including phenoxy) is 2. The molecule has 1 rings (SSSR count). The summed E-state index contributed by atoms with van der Waals surface area (Å²) in [7, 11) is 2.77. The van der Waals surface area contributed by atoms with Gasteiger partial charge >= 0.3 is 12.1 Å². The van der Waals surface area contributed by atoms with Crippen LogP contribution in [0, 0.1) is 5.92 Å². The Hall–Kier alpha value is -1.30. The zero-order valence-electron chi connectivity index (χ0n) is 12.7. The summed E-state index contributed by atoms with van der Waals surface area (Å²) in [5, 5.41) is 2.84. The van der Waals surface area contributed by atoms with Crippen LogP contribution in [0.4, 0.5) is 4.79 Å². The molecular formula is C14H26N2O4. The molecule has 0 spiro atoms. The van der Waals surface area contributed by atoms with Crippen LogP contribution >= 0.6 is 0 Å². The van der Waals surface area contributed by atoms with E-state index in [0.29, 0.717) is 6.42 Å². The van der Waals surface area contributed by atoms with Crippen molar-refractivity contribution in [2.45, 2.75) is 38.6 Å². The number of carbonyl (C=O) groups is 2. The lowest BCUT2D eigenvalue weighted by Gasteiger charge is -2.37. The maximum absolute atomic E-state index is 11.4. The number of hydrogen-bond acceptors (Lipinski definition) is 5. The first-order chi connectivity index (χ1) is 9.58. The lowest BCUT2D eigenvalue weighted by Crippen LogP contribution is -2.51. The van der Waals surface area contributed by atoms with Gasteiger partial charge in [-0.15, -0.1) is 0 Å². The van der Waals surface area contributed by atoms with Crippen LogP contribution in [0.2, 0.25) is 0 Å². The Kier molecular flexibility index (Phi) is 7.36. The minimum Gasteiger partial charge on any atom is -0.469 e. The van der Waals surface area contributed by atoms with E-state index in [2.05, 4.69) is 21.9 Å². The molecule has 2 atom stereocenters. The zero-order chi connectivity index (χ0) is 15.0. The molecule has 0 aromatic carbocycles. The number of unbranched alkanes of at least 4 members (excludes halogenated alkanes) is 1. The summed E-state index contributed by atoms with van der Waals surface area (Å²) in [6, 6.07) is 0.0303. The van der Waals surface area contributed by atoms with Crippen molar-refractivity contribution in [3.05, 3.63) is 0 Å². The number of nitrogens with one attached hydrogen (secondary N) is 1. The Labute approximate surface area is 120 Å². The van der Waals surface area contributed by atoms with E-state index < -0.39 is 6.09 Å². The maximum Gasteiger partial charge on any atom is 0.407 e. The zero-order valence-corrected chi connectivity index (χ0v) is 12.7. The van der Waals surface area contributed by atoms with Gasteiger partial charge in [0.2, 0.25) is 0 Å². The van der Waals surface area contributed by atoms with Crippen molar-refractivity contribution in [3.63, 3.8) is 0 Å². The Balaban J connectivity index is 2.56. The van der Waals surface area contributed by atoms with Gasteiger partial charge in [-0.3, -0.25) is 4.79 Å². The molecule has 1 heterocycles. The Bertz CT molecular complexity index is 296. The summed E-state index contributed by atoms with van der Waals surface area (Å²) in [5.74, 6) is 0.0272. The second-order valence-corrected chi connectivity index (χ2v) is 5.33. The van der Waals surface area contributed by atoms with E-state index >= 15 is 0 Å².